The van der Waals surface area contributed by atoms with Crippen LogP contribution in [0.1, 0.15) is 11.1 Å². The predicted molar refractivity (Wildman–Crippen MR) is 120 cm³/mol. The Morgan fingerprint density at radius 1 is 0.862 bits per heavy atom. The van der Waals surface area contributed by atoms with Crippen molar-refractivity contribution in [2.45, 2.75) is 13.0 Å². The lowest BCUT2D eigenvalue weighted by molar-refractivity contribution is -0.134. The Morgan fingerprint density at radius 2 is 1.48 bits per heavy atom. The number of rotatable bonds is 6. The summed E-state index contributed by atoms with van der Waals surface area (Å²) in [5, 5.41) is 2.72. The van der Waals surface area contributed by atoms with E-state index in [1.807, 2.05) is 35.2 Å². The van der Waals surface area contributed by atoms with Gasteiger partial charge in [0, 0.05) is 38.4 Å². The van der Waals surface area contributed by atoms with E-state index in [4.69, 9.17) is 5.73 Å². The molecule has 1 fully saturated rings. The topological polar surface area (TPSA) is 78.7 Å². The van der Waals surface area contributed by atoms with Gasteiger partial charge in [0.2, 0.25) is 11.8 Å². The van der Waals surface area contributed by atoms with Crippen LogP contribution < -0.4 is 11.1 Å². The summed E-state index contributed by atoms with van der Waals surface area (Å²) >= 11 is 0. The molecule has 29 heavy (non-hydrogen) atoms. The van der Waals surface area contributed by atoms with Gasteiger partial charge in [0.05, 0.1) is 13.0 Å². The zero-order chi connectivity index (χ0) is 19.1. The summed E-state index contributed by atoms with van der Waals surface area (Å²) in [6, 6.07) is 17.5. The molecule has 1 aliphatic rings. The van der Waals surface area contributed by atoms with Gasteiger partial charge in [-0.15, -0.1) is 24.8 Å². The third-order valence-electron chi connectivity index (χ3n) is 4.76. The van der Waals surface area contributed by atoms with Crippen molar-refractivity contribution >= 4 is 42.3 Å². The molecular weight excluding hydrogens is 411 g/mol. The molecule has 1 heterocycles. The fourth-order valence-corrected chi connectivity index (χ4v) is 3.17. The number of hydrogen-bond donors (Lipinski definition) is 2. The van der Waals surface area contributed by atoms with Crippen LogP contribution >= 0.6 is 24.8 Å². The molecule has 0 saturated carbocycles. The van der Waals surface area contributed by atoms with E-state index in [-0.39, 0.29) is 49.6 Å². The highest BCUT2D eigenvalue weighted by Gasteiger charge is 2.21. The second-order valence-electron chi connectivity index (χ2n) is 6.84. The zero-order valence-electron chi connectivity index (χ0n) is 16.3. The Balaban J connectivity index is 0.00000210. The van der Waals surface area contributed by atoms with E-state index in [0.717, 1.165) is 25.2 Å². The molecule has 1 aliphatic heterocycles. The number of carbonyl (C=O) groups excluding carboxylic acids is 2. The maximum atomic E-state index is 12.3. The first kappa shape index (κ1) is 24.8. The number of anilines is 1. The van der Waals surface area contributed by atoms with E-state index >= 15 is 0 Å². The lowest BCUT2D eigenvalue weighted by Crippen LogP contribution is -2.50. The van der Waals surface area contributed by atoms with Crippen molar-refractivity contribution in [2.24, 2.45) is 0 Å². The van der Waals surface area contributed by atoms with Crippen molar-refractivity contribution in [3.8, 4) is 0 Å². The maximum absolute atomic E-state index is 12.3. The van der Waals surface area contributed by atoms with Gasteiger partial charge in [0.25, 0.3) is 0 Å². The molecule has 0 spiro atoms. The maximum Gasteiger partial charge on any atom is 0.242 e. The van der Waals surface area contributed by atoms with Gasteiger partial charge in [0.1, 0.15) is 0 Å². The third kappa shape index (κ3) is 7.93. The quantitative estimate of drug-likeness (QED) is 0.676. The molecule has 158 valence electrons. The van der Waals surface area contributed by atoms with Crippen molar-refractivity contribution < 1.29 is 9.59 Å². The number of nitrogen functional groups attached to an aromatic ring is 1. The molecular formula is C21H28Cl2N4O2. The highest BCUT2D eigenvalue weighted by Crippen LogP contribution is 2.09. The summed E-state index contributed by atoms with van der Waals surface area (Å²) in [7, 11) is 0. The first-order valence-electron chi connectivity index (χ1n) is 9.25. The average Bonchev–Trinajstić information content (AvgIpc) is 2.69. The van der Waals surface area contributed by atoms with Gasteiger partial charge in [-0.25, -0.2) is 0 Å². The van der Waals surface area contributed by atoms with Crippen molar-refractivity contribution in [3.63, 3.8) is 0 Å². The molecule has 0 unspecified atom stereocenters. The smallest absolute Gasteiger partial charge is 0.242 e. The minimum atomic E-state index is -0.157. The fourth-order valence-electron chi connectivity index (χ4n) is 3.17. The number of nitrogens with two attached hydrogens (primary N) is 1. The summed E-state index contributed by atoms with van der Waals surface area (Å²) < 4.78 is 0. The number of piperazine rings is 1. The van der Waals surface area contributed by atoms with E-state index in [1.54, 1.807) is 12.1 Å². The standard InChI is InChI=1S/C21H26N4O2.2ClH/c22-19-8-6-17(7-9-19)14-20(26)23-15-21(27)25-12-10-24(11-13-25)16-18-4-2-1-3-5-18;;/h1-9H,10-16,22H2,(H,23,26);2*1H. The van der Waals surface area contributed by atoms with Gasteiger partial charge in [-0.1, -0.05) is 42.5 Å². The number of amides is 2. The number of nitrogens with one attached hydrogen (secondary N) is 1. The van der Waals surface area contributed by atoms with Gasteiger partial charge in [-0.05, 0) is 23.3 Å². The monoisotopic (exact) mass is 438 g/mol. The molecule has 1 saturated heterocycles. The molecule has 2 aromatic carbocycles. The van der Waals surface area contributed by atoms with Gasteiger partial charge in [-0.2, -0.15) is 0 Å². The normalized spacial score (nSPS) is 13.7. The summed E-state index contributed by atoms with van der Waals surface area (Å²) in [5.41, 5.74) is 8.47. The second kappa shape index (κ2) is 12.3. The van der Waals surface area contributed by atoms with Crippen LogP contribution in [0.25, 0.3) is 0 Å². The van der Waals surface area contributed by atoms with Crippen LogP contribution in [0.3, 0.4) is 0 Å². The van der Waals surface area contributed by atoms with Crippen LogP contribution in [0.2, 0.25) is 0 Å². The van der Waals surface area contributed by atoms with E-state index in [9.17, 15) is 9.59 Å². The average molecular weight is 439 g/mol. The molecule has 3 rings (SSSR count). The van der Waals surface area contributed by atoms with Gasteiger partial charge < -0.3 is 16.0 Å². The van der Waals surface area contributed by atoms with Crippen LogP contribution in [-0.4, -0.2) is 54.3 Å². The molecule has 2 amide bonds. The van der Waals surface area contributed by atoms with Crippen LogP contribution in [0, 0.1) is 0 Å². The highest BCUT2D eigenvalue weighted by molar-refractivity contribution is 5.86. The largest absolute Gasteiger partial charge is 0.399 e. The van der Waals surface area contributed by atoms with Crippen LogP contribution in [0.15, 0.2) is 54.6 Å². The van der Waals surface area contributed by atoms with Crippen molar-refractivity contribution in [2.75, 3.05) is 38.5 Å². The Morgan fingerprint density at radius 3 is 2.10 bits per heavy atom. The fraction of sp³-hybridized carbons (Fsp3) is 0.333. The minimum absolute atomic E-state index is 0. The first-order chi connectivity index (χ1) is 13.1. The number of nitrogens with zero attached hydrogens (tertiary/aromatic N) is 2. The summed E-state index contributed by atoms with van der Waals surface area (Å²) in [5.74, 6) is -0.184. The molecule has 3 N–H and O–H groups in total. The lowest BCUT2D eigenvalue weighted by atomic mass is 10.1. The van der Waals surface area contributed by atoms with Crippen LogP contribution in [-0.2, 0) is 22.6 Å². The van der Waals surface area contributed by atoms with E-state index < -0.39 is 0 Å². The number of benzene rings is 2. The summed E-state index contributed by atoms with van der Waals surface area (Å²) in [6.45, 7) is 4.03. The SMILES string of the molecule is Cl.Cl.Nc1ccc(CC(=O)NCC(=O)N2CCN(Cc3ccccc3)CC2)cc1. The van der Waals surface area contributed by atoms with Crippen molar-refractivity contribution in [3.05, 3.63) is 65.7 Å². The zero-order valence-corrected chi connectivity index (χ0v) is 17.9. The minimum Gasteiger partial charge on any atom is -0.399 e. The lowest BCUT2D eigenvalue weighted by Gasteiger charge is -2.34. The van der Waals surface area contributed by atoms with Crippen LogP contribution in [0.5, 0.6) is 0 Å². The van der Waals surface area contributed by atoms with Gasteiger partial charge in [-0.3, -0.25) is 14.5 Å². The van der Waals surface area contributed by atoms with Crippen molar-refractivity contribution in [1.29, 1.82) is 0 Å². The highest BCUT2D eigenvalue weighted by atomic mass is 35.5. The summed E-state index contributed by atoms with van der Waals surface area (Å²) in [4.78, 5) is 28.5. The Kier molecular flexibility index (Phi) is 10.5. The molecule has 0 aliphatic carbocycles. The first-order valence-corrected chi connectivity index (χ1v) is 9.25. The van der Waals surface area contributed by atoms with Crippen LogP contribution in [0.4, 0.5) is 5.69 Å². The Hall–Kier alpha value is -2.28. The molecule has 0 bridgehead atoms. The second-order valence-corrected chi connectivity index (χ2v) is 6.84. The van der Waals surface area contributed by atoms with E-state index in [2.05, 4.69) is 22.3 Å². The summed E-state index contributed by atoms with van der Waals surface area (Å²) in [6.07, 6.45) is 0.248. The third-order valence-corrected chi connectivity index (χ3v) is 4.76. The molecule has 0 atom stereocenters. The molecule has 6 nitrogen and oxygen atoms in total. The Bertz CT molecular complexity index is 764. The van der Waals surface area contributed by atoms with Crippen molar-refractivity contribution in [1.82, 2.24) is 15.1 Å². The van der Waals surface area contributed by atoms with E-state index in [1.165, 1.54) is 5.56 Å². The molecule has 8 heteroatoms. The van der Waals surface area contributed by atoms with E-state index in [0.29, 0.717) is 18.8 Å². The number of halogens is 2. The number of hydrogen-bond acceptors (Lipinski definition) is 4. The molecule has 2 aromatic rings. The van der Waals surface area contributed by atoms with Gasteiger partial charge >= 0.3 is 0 Å². The molecule has 0 radical (unpaired) electrons. The molecule has 0 aromatic heterocycles. The Labute approximate surface area is 184 Å². The van der Waals surface area contributed by atoms with Gasteiger partial charge in [0.15, 0.2) is 0 Å². The number of carbonyl (C=O) groups is 2. The predicted octanol–water partition coefficient (Wildman–Crippen LogP) is 2.12.